The second kappa shape index (κ2) is 5.39. The number of hydrogen-bond donors (Lipinski definition) is 3. The highest BCUT2D eigenvalue weighted by Crippen LogP contribution is 2.05. The Hall–Kier alpha value is -1.36. The van der Waals surface area contributed by atoms with Crippen LogP contribution in [0.3, 0.4) is 0 Å². The Morgan fingerprint density at radius 1 is 1.64 bits per heavy atom. The number of nitrogens with zero attached hydrogens (tertiary/aromatic N) is 1. The van der Waals surface area contributed by atoms with Crippen molar-refractivity contribution in [2.24, 2.45) is 0 Å². The second-order valence-corrected chi connectivity index (χ2v) is 3.17. The van der Waals surface area contributed by atoms with E-state index < -0.39 is 0 Å². The lowest BCUT2D eigenvalue weighted by atomic mass is 10.2. The molecular weight excluding hydrogens is 180 g/mol. The molecule has 0 fully saturated rings. The summed E-state index contributed by atoms with van der Waals surface area (Å²) >= 11 is 0. The molecule has 0 aliphatic carbocycles. The van der Waals surface area contributed by atoms with Gasteiger partial charge in [-0.3, -0.25) is 9.89 Å². The van der Waals surface area contributed by atoms with Crippen LogP contribution in [0.1, 0.15) is 25.6 Å². The van der Waals surface area contributed by atoms with Gasteiger partial charge in [0, 0.05) is 32.3 Å². The van der Waals surface area contributed by atoms with E-state index in [4.69, 9.17) is 0 Å². The summed E-state index contributed by atoms with van der Waals surface area (Å²) in [6.07, 6.45) is 1.72. The molecule has 1 unspecified atom stereocenters. The fourth-order valence-corrected chi connectivity index (χ4v) is 1.14. The summed E-state index contributed by atoms with van der Waals surface area (Å²) in [5, 5.41) is 12.7. The van der Waals surface area contributed by atoms with Gasteiger partial charge in [0.25, 0.3) is 0 Å². The molecule has 1 heterocycles. The lowest BCUT2D eigenvalue weighted by Crippen LogP contribution is -2.31. The van der Waals surface area contributed by atoms with Gasteiger partial charge >= 0.3 is 0 Å². The Morgan fingerprint density at radius 3 is 3.00 bits per heavy atom. The largest absolute Gasteiger partial charge is 0.355 e. The molecule has 1 aromatic rings. The third kappa shape index (κ3) is 3.57. The molecule has 1 amide bonds. The minimum atomic E-state index is 0.000920. The lowest BCUT2D eigenvalue weighted by molar-refractivity contribution is -0.118. The summed E-state index contributed by atoms with van der Waals surface area (Å²) in [6, 6.07) is 2.15. The monoisotopic (exact) mass is 196 g/mol. The summed E-state index contributed by atoms with van der Waals surface area (Å²) in [7, 11) is 0. The van der Waals surface area contributed by atoms with E-state index in [-0.39, 0.29) is 11.9 Å². The van der Waals surface area contributed by atoms with Gasteiger partial charge in [-0.05, 0) is 13.0 Å². The summed E-state index contributed by atoms with van der Waals surface area (Å²) < 4.78 is 0. The van der Waals surface area contributed by atoms with E-state index in [9.17, 15) is 4.79 Å². The molecule has 0 saturated carbocycles. The van der Waals surface area contributed by atoms with E-state index in [2.05, 4.69) is 20.8 Å². The van der Waals surface area contributed by atoms with Crippen LogP contribution in [0, 0.1) is 0 Å². The van der Waals surface area contributed by atoms with Crippen LogP contribution in [0.25, 0.3) is 0 Å². The molecule has 0 bridgehead atoms. The van der Waals surface area contributed by atoms with E-state index in [1.165, 1.54) is 6.92 Å². The highest BCUT2D eigenvalue weighted by atomic mass is 16.1. The van der Waals surface area contributed by atoms with Crippen molar-refractivity contribution in [3.63, 3.8) is 0 Å². The van der Waals surface area contributed by atoms with Gasteiger partial charge in [-0.1, -0.05) is 0 Å². The van der Waals surface area contributed by atoms with Gasteiger partial charge < -0.3 is 10.6 Å². The predicted molar refractivity (Wildman–Crippen MR) is 53.7 cm³/mol. The maximum Gasteiger partial charge on any atom is 0.216 e. The number of carbonyl (C=O) groups excluding carboxylic acids is 1. The van der Waals surface area contributed by atoms with E-state index in [0.29, 0.717) is 6.54 Å². The maximum atomic E-state index is 10.6. The number of H-pyrrole nitrogens is 1. The highest BCUT2D eigenvalue weighted by Gasteiger charge is 2.04. The van der Waals surface area contributed by atoms with Crippen LogP contribution >= 0.6 is 0 Å². The number of aromatic amines is 1. The van der Waals surface area contributed by atoms with Gasteiger partial charge in [-0.2, -0.15) is 5.10 Å². The topological polar surface area (TPSA) is 69.8 Å². The Bertz CT molecular complexity index is 270. The third-order valence-corrected chi connectivity index (χ3v) is 1.94. The van der Waals surface area contributed by atoms with Crippen LogP contribution in [0.5, 0.6) is 0 Å². The van der Waals surface area contributed by atoms with Gasteiger partial charge in [-0.25, -0.2) is 0 Å². The van der Waals surface area contributed by atoms with Crippen LogP contribution in [-0.2, 0) is 4.79 Å². The molecule has 0 radical (unpaired) electrons. The standard InChI is InChI=1S/C9H16N4O/c1-7(9-3-4-12-13-9)10-5-6-11-8(2)14/h3-4,7,10H,5-6H2,1-2H3,(H,11,14)(H,12,13). The summed E-state index contributed by atoms with van der Waals surface area (Å²) in [6.45, 7) is 4.95. The minimum Gasteiger partial charge on any atom is -0.355 e. The molecule has 0 spiro atoms. The van der Waals surface area contributed by atoms with Crippen molar-refractivity contribution in [2.45, 2.75) is 19.9 Å². The molecule has 5 heteroatoms. The number of amides is 1. The van der Waals surface area contributed by atoms with Crippen LogP contribution in [0.2, 0.25) is 0 Å². The van der Waals surface area contributed by atoms with Crippen LogP contribution < -0.4 is 10.6 Å². The van der Waals surface area contributed by atoms with Gasteiger partial charge in [-0.15, -0.1) is 0 Å². The first-order valence-corrected chi connectivity index (χ1v) is 4.67. The Labute approximate surface area is 83.3 Å². The molecule has 1 atom stereocenters. The molecule has 0 aliphatic rings. The lowest BCUT2D eigenvalue weighted by Gasteiger charge is -2.11. The third-order valence-electron chi connectivity index (χ3n) is 1.94. The zero-order valence-corrected chi connectivity index (χ0v) is 8.50. The molecule has 0 aromatic carbocycles. The maximum absolute atomic E-state index is 10.6. The SMILES string of the molecule is CC(=O)NCCNC(C)c1ccn[nH]1. The number of aromatic nitrogens is 2. The smallest absolute Gasteiger partial charge is 0.216 e. The normalized spacial score (nSPS) is 12.4. The molecule has 1 rings (SSSR count). The molecule has 78 valence electrons. The van der Waals surface area contributed by atoms with Gasteiger partial charge in [0.2, 0.25) is 5.91 Å². The van der Waals surface area contributed by atoms with Gasteiger partial charge in [0.05, 0.1) is 5.69 Å². The van der Waals surface area contributed by atoms with Crippen LogP contribution in [-0.4, -0.2) is 29.2 Å². The second-order valence-electron chi connectivity index (χ2n) is 3.17. The summed E-state index contributed by atoms with van der Waals surface area (Å²) in [4.78, 5) is 10.6. The van der Waals surface area contributed by atoms with E-state index >= 15 is 0 Å². The average Bonchev–Trinajstić information content (AvgIpc) is 2.64. The number of hydrogen-bond acceptors (Lipinski definition) is 3. The highest BCUT2D eigenvalue weighted by molar-refractivity contribution is 5.72. The molecule has 14 heavy (non-hydrogen) atoms. The zero-order valence-electron chi connectivity index (χ0n) is 8.50. The fraction of sp³-hybridized carbons (Fsp3) is 0.556. The first-order chi connectivity index (χ1) is 6.70. The van der Waals surface area contributed by atoms with E-state index in [1.807, 2.05) is 13.0 Å². The summed E-state index contributed by atoms with van der Waals surface area (Å²) in [5.41, 5.74) is 1.05. The van der Waals surface area contributed by atoms with Crippen LogP contribution in [0.4, 0.5) is 0 Å². The van der Waals surface area contributed by atoms with Crippen molar-refractivity contribution in [1.29, 1.82) is 0 Å². The van der Waals surface area contributed by atoms with Crippen LogP contribution in [0.15, 0.2) is 12.3 Å². The Morgan fingerprint density at radius 2 is 2.43 bits per heavy atom. The van der Waals surface area contributed by atoms with Crippen molar-refractivity contribution in [3.8, 4) is 0 Å². The number of nitrogens with one attached hydrogen (secondary N) is 3. The van der Waals surface area contributed by atoms with Gasteiger partial charge in [0.1, 0.15) is 0 Å². The molecule has 0 saturated heterocycles. The van der Waals surface area contributed by atoms with Crippen molar-refractivity contribution >= 4 is 5.91 Å². The van der Waals surface area contributed by atoms with E-state index in [1.54, 1.807) is 6.20 Å². The molecular formula is C9H16N4O. The van der Waals surface area contributed by atoms with Gasteiger partial charge in [0.15, 0.2) is 0 Å². The predicted octanol–water partition coefficient (Wildman–Crippen LogP) is 0.196. The quantitative estimate of drug-likeness (QED) is 0.589. The number of carbonyl (C=O) groups is 1. The van der Waals surface area contributed by atoms with Crippen molar-refractivity contribution in [3.05, 3.63) is 18.0 Å². The molecule has 1 aromatic heterocycles. The molecule has 3 N–H and O–H groups in total. The van der Waals surface area contributed by atoms with Crippen molar-refractivity contribution in [2.75, 3.05) is 13.1 Å². The minimum absolute atomic E-state index is 0.000920. The Kier molecular flexibility index (Phi) is 4.12. The molecule has 0 aliphatic heterocycles. The first-order valence-electron chi connectivity index (χ1n) is 4.67. The summed E-state index contributed by atoms with van der Waals surface area (Å²) in [5.74, 6) is 0.000920. The van der Waals surface area contributed by atoms with Crippen molar-refractivity contribution in [1.82, 2.24) is 20.8 Å². The van der Waals surface area contributed by atoms with E-state index in [0.717, 1.165) is 12.2 Å². The average molecular weight is 196 g/mol. The fourth-order valence-electron chi connectivity index (χ4n) is 1.14. The first kappa shape index (κ1) is 10.7. The molecule has 5 nitrogen and oxygen atoms in total. The van der Waals surface area contributed by atoms with Crippen molar-refractivity contribution < 1.29 is 4.79 Å². The zero-order chi connectivity index (χ0) is 10.4. The Balaban J connectivity index is 2.16. The number of rotatable bonds is 5.